The van der Waals surface area contributed by atoms with Crippen LogP contribution in [0.25, 0.3) is 0 Å². The maximum absolute atomic E-state index is 5.85. The monoisotopic (exact) mass is 237 g/mol. The summed E-state index contributed by atoms with van der Waals surface area (Å²) < 4.78 is 5.12. The molecule has 0 saturated heterocycles. The Morgan fingerprint density at radius 1 is 1.29 bits per heavy atom. The second-order valence-electron chi connectivity index (χ2n) is 4.38. The van der Waals surface area contributed by atoms with Crippen LogP contribution in [0.3, 0.4) is 0 Å². The van der Waals surface area contributed by atoms with Crippen molar-refractivity contribution in [2.24, 2.45) is 0 Å². The topological polar surface area (TPSA) is 50.5 Å². The van der Waals surface area contributed by atoms with Gasteiger partial charge < -0.3 is 20.7 Å². The maximum atomic E-state index is 5.85. The Morgan fingerprint density at radius 3 is 2.65 bits per heavy atom. The lowest BCUT2D eigenvalue weighted by atomic mass is 10.1. The molecule has 0 spiro atoms. The third kappa shape index (κ3) is 5.06. The first-order valence-electron chi connectivity index (χ1n) is 5.91. The quantitative estimate of drug-likeness (QED) is 0.548. The van der Waals surface area contributed by atoms with Crippen molar-refractivity contribution in [2.75, 3.05) is 46.6 Å². The minimum Gasteiger partial charge on any atom is -0.495 e. The molecule has 0 heterocycles. The molecule has 1 aromatic rings. The Balaban J connectivity index is 2.30. The molecule has 17 heavy (non-hydrogen) atoms. The highest BCUT2D eigenvalue weighted by Crippen LogP contribution is 2.21. The number of hydrogen-bond donors (Lipinski definition) is 2. The summed E-state index contributed by atoms with van der Waals surface area (Å²) >= 11 is 0. The molecular weight excluding hydrogens is 214 g/mol. The van der Waals surface area contributed by atoms with Crippen LogP contribution in [-0.2, 0) is 6.42 Å². The summed E-state index contributed by atoms with van der Waals surface area (Å²) in [7, 11) is 5.78. The zero-order valence-corrected chi connectivity index (χ0v) is 11.0. The lowest BCUT2D eigenvalue weighted by Gasteiger charge is -2.11. The van der Waals surface area contributed by atoms with Gasteiger partial charge in [-0.3, -0.25) is 0 Å². The molecule has 0 bridgehead atoms. The molecule has 3 N–H and O–H groups in total. The van der Waals surface area contributed by atoms with Gasteiger partial charge in [-0.25, -0.2) is 0 Å². The van der Waals surface area contributed by atoms with Gasteiger partial charge >= 0.3 is 0 Å². The van der Waals surface area contributed by atoms with Gasteiger partial charge in [0.25, 0.3) is 0 Å². The fourth-order valence-electron chi connectivity index (χ4n) is 1.60. The molecule has 0 radical (unpaired) electrons. The number of nitrogens with zero attached hydrogens (tertiary/aromatic N) is 1. The molecule has 0 atom stereocenters. The molecule has 4 heteroatoms. The van der Waals surface area contributed by atoms with Gasteiger partial charge in [0.1, 0.15) is 5.75 Å². The van der Waals surface area contributed by atoms with Gasteiger partial charge in [-0.2, -0.15) is 0 Å². The molecule has 0 aliphatic heterocycles. The van der Waals surface area contributed by atoms with Gasteiger partial charge in [-0.15, -0.1) is 0 Å². The van der Waals surface area contributed by atoms with Crippen LogP contribution < -0.4 is 15.8 Å². The van der Waals surface area contributed by atoms with Crippen LogP contribution >= 0.6 is 0 Å². The average Bonchev–Trinajstić information content (AvgIpc) is 2.28. The number of hydrogen-bond acceptors (Lipinski definition) is 4. The third-order valence-electron chi connectivity index (χ3n) is 2.62. The smallest absolute Gasteiger partial charge is 0.141 e. The van der Waals surface area contributed by atoms with Crippen LogP contribution in [0, 0.1) is 0 Å². The lowest BCUT2D eigenvalue weighted by Crippen LogP contribution is -2.27. The van der Waals surface area contributed by atoms with Crippen molar-refractivity contribution in [1.29, 1.82) is 0 Å². The summed E-state index contributed by atoms with van der Waals surface area (Å²) in [5.41, 5.74) is 7.79. The van der Waals surface area contributed by atoms with Crippen molar-refractivity contribution in [3.8, 4) is 5.75 Å². The van der Waals surface area contributed by atoms with Gasteiger partial charge in [-0.05, 0) is 44.8 Å². The van der Waals surface area contributed by atoms with E-state index in [2.05, 4.69) is 30.4 Å². The minimum atomic E-state index is 0.707. The molecular formula is C13H23N3O. The summed E-state index contributed by atoms with van der Waals surface area (Å²) in [5.74, 6) is 0.745. The maximum Gasteiger partial charge on any atom is 0.141 e. The molecule has 96 valence electrons. The molecule has 0 fully saturated rings. The normalized spacial score (nSPS) is 10.8. The number of anilines is 1. The fraction of sp³-hybridized carbons (Fsp3) is 0.538. The van der Waals surface area contributed by atoms with E-state index in [1.54, 1.807) is 7.11 Å². The summed E-state index contributed by atoms with van der Waals surface area (Å²) in [6.45, 7) is 3.04. The van der Waals surface area contributed by atoms with Crippen LogP contribution in [0.5, 0.6) is 5.75 Å². The predicted molar refractivity (Wildman–Crippen MR) is 72.5 cm³/mol. The average molecular weight is 237 g/mol. The number of nitrogens with one attached hydrogen (secondary N) is 1. The SMILES string of the molecule is COc1ccc(CCNCCN(C)C)cc1N. The number of rotatable bonds is 7. The summed E-state index contributed by atoms with van der Waals surface area (Å²) in [5, 5.41) is 3.40. The Labute approximate surface area is 104 Å². The van der Waals surface area contributed by atoms with E-state index >= 15 is 0 Å². The number of nitrogen functional groups attached to an aromatic ring is 1. The Bertz CT molecular complexity index is 339. The van der Waals surface area contributed by atoms with Crippen LogP contribution in [0.1, 0.15) is 5.56 Å². The van der Waals surface area contributed by atoms with Crippen molar-refractivity contribution >= 4 is 5.69 Å². The van der Waals surface area contributed by atoms with Gasteiger partial charge in [0.2, 0.25) is 0 Å². The van der Waals surface area contributed by atoms with Crippen LogP contribution in [0.15, 0.2) is 18.2 Å². The lowest BCUT2D eigenvalue weighted by molar-refractivity contribution is 0.401. The van der Waals surface area contributed by atoms with E-state index in [4.69, 9.17) is 10.5 Å². The number of likely N-dealkylation sites (N-methyl/N-ethyl adjacent to an activating group) is 1. The molecule has 4 nitrogen and oxygen atoms in total. The second-order valence-corrected chi connectivity index (χ2v) is 4.38. The van der Waals surface area contributed by atoms with Crippen LogP contribution in [0.2, 0.25) is 0 Å². The van der Waals surface area contributed by atoms with Gasteiger partial charge in [-0.1, -0.05) is 6.07 Å². The largest absolute Gasteiger partial charge is 0.495 e. The highest BCUT2D eigenvalue weighted by molar-refractivity contribution is 5.54. The van der Waals surface area contributed by atoms with Crippen LogP contribution in [0.4, 0.5) is 5.69 Å². The number of benzene rings is 1. The van der Waals surface area contributed by atoms with E-state index in [1.165, 1.54) is 5.56 Å². The standard InChI is InChI=1S/C13H23N3O/c1-16(2)9-8-15-7-6-11-4-5-13(17-3)12(14)10-11/h4-5,10,15H,6-9,14H2,1-3H3. The van der Waals surface area contributed by atoms with Crippen molar-refractivity contribution < 1.29 is 4.74 Å². The first-order chi connectivity index (χ1) is 8.13. The molecule has 1 aromatic carbocycles. The number of ether oxygens (including phenoxy) is 1. The highest BCUT2D eigenvalue weighted by Gasteiger charge is 2.00. The summed E-state index contributed by atoms with van der Waals surface area (Å²) in [6, 6.07) is 5.96. The summed E-state index contributed by atoms with van der Waals surface area (Å²) in [4.78, 5) is 2.17. The molecule has 0 amide bonds. The van der Waals surface area contributed by atoms with E-state index in [0.29, 0.717) is 5.69 Å². The molecule has 0 aliphatic carbocycles. The summed E-state index contributed by atoms with van der Waals surface area (Å²) in [6.07, 6.45) is 0.988. The molecule has 0 aromatic heterocycles. The van der Waals surface area contributed by atoms with Crippen LogP contribution in [-0.4, -0.2) is 45.7 Å². The first kappa shape index (κ1) is 13.8. The Kier molecular flexibility index (Phi) is 5.80. The molecule has 0 unspecified atom stereocenters. The van der Waals surface area contributed by atoms with Gasteiger partial charge in [0, 0.05) is 13.1 Å². The van der Waals surface area contributed by atoms with Crippen molar-refractivity contribution in [3.63, 3.8) is 0 Å². The van der Waals surface area contributed by atoms with E-state index in [0.717, 1.165) is 31.8 Å². The minimum absolute atomic E-state index is 0.707. The number of methoxy groups -OCH3 is 1. The van der Waals surface area contributed by atoms with E-state index in [9.17, 15) is 0 Å². The molecule has 1 rings (SSSR count). The Hall–Kier alpha value is -1.26. The second kappa shape index (κ2) is 7.14. The van der Waals surface area contributed by atoms with E-state index in [-0.39, 0.29) is 0 Å². The zero-order valence-electron chi connectivity index (χ0n) is 11.0. The van der Waals surface area contributed by atoms with Gasteiger partial charge in [0.05, 0.1) is 12.8 Å². The van der Waals surface area contributed by atoms with Gasteiger partial charge in [0.15, 0.2) is 0 Å². The van der Waals surface area contributed by atoms with Crippen molar-refractivity contribution in [3.05, 3.63) is 23.8 Å². The van der Waals surface area contributed by atoms with E-state index in [1.807, 2.05) is 12.1 Å². The Morgan fingerprint density at radius 2 is 2.06 bits per heavy atom. The van der Waals surface area contributed by atoms with Crippen molar-refractivity contribution in [1.82, 2.24) is 10.2 Å². The molecule has 0 saturated carbocycles. The highest BCUT2D eigenvalue weighted by atomic mass is 16.5. The predicted octanol–water partition coefficient (Wildman–Crippen LogP) is 0.971. The fourth-order valence-corrected chi connectivity index (χ4v) is 1.60. The first-order valence-corrected chi connectivity index (χ1v) is 5.91. The molecule has 0 aliphatic rings. The van der Waals surface area contributed by atoms with E-state index < -0.39 is 0 Å². The zero-order chi connectivity index (χ0) is 12.7. The number of nitrogens with two attached hydrogens (primary N) is 1. The third-order valence-corrected chi connectivity index (χ3v) is 2.62. The van der Waals surface area contributed by atoms with Crippen molar-refractivity contribution in [2.45, 2.75) is 6.42 Å².